The van der Waals surface area contributed by atoms with Gasteiger partial charge in [0.2, 0.25) is 5.91 Å². The third-order valence-electron chi connectivity index (χ3n) is 5.65. The van der Waals surface area contributed by atoms with Crippen LogP contribution in [0, 0.1) is 0 Å². The third kappa shape index (κ3) is 5.13. The molecule has 0 saturated heterocycles. The highest BCUT2D eigenvalue weighted by molar-refractivity contribution is 6.03. The number of hydrogen-bond acceptors (Lipinski definition) is 2. The van der Waals surface area contributed by atoms with E-state index in [0.717, 1.165) is 11.4 Å². The summed E-state index contributed by atoms with van der Waals surface area (Å²) in [5, 5.41) is 3.51. The van der Waals surface area contributed by atoms with Crippen molar-refractivity contribution >= 4 is 17.3 Å². The number of anilines is 2. The van der Waals surface area contributed by atoms with Crippen LogP contribution >= 0.6 is 0 Å². The first kappa shape index (κ1) is 21.5. The number of hydrogen-bond donors (Lipinski definition) is 1. The quantitative estimate of drug-likeness (QED) is 0.370. The van der Waals surface area contributed by atoms with Gasteiger partial charge < -0.3 is 5.32 Å². The van der Waals surface area contributed by atoms with Gasteiger partial charge in [-0.05, 0) is 42.3 Å². The Bertz CT molecular complexity index is 1020. The van der Waals surface area contributed by atoms with Gasteiger partial charge in [0.25, 0.3) is 0 Å². The maximum Gasteiger partial charge on any atom is 0.248 e. The molecule has 4 aromatic carbocycles. The van der Waals surface area contributed by atoms with E-state index >= 15 is 0 Å². The fourth-order valence-electron chi connectivity index (χ4n) is 3.93. The fourth-order valence-corrected chi connectivity index (χ4v) is 3.93. The predicted octanol–water partition coefficient (Wildman–Crippen LogP) is 6.16. The zero-order valence-electron chi connectivity index (χ0n) is 18.3. The topological polar surface area (TPSA) is 32.3 Å². The molecule has 32 heavy (non-hydrogen) atoms. The molecule has 1 N–H and O–H groups in total. The lowest BCUT2D eigenvalue weighted by atomic mass is 9.91. The summed E-state index contributed by atoms with van der Waals surface area (Å²) in [6.45, 7) is 2.60. The lowest BCUT2D eigenvalue weighted by Crippen LogP contribution is -2.44. The fraction of sp³-hybridized carbons (Fsp3) is 0.138. The Morgan fingerprint density at radius 2 is 1.03 bits per heavy atom. The van der Waals surface area contributed by atoms with Crippen molar-refractivity contribution in [3.05, 3.63) is 132 Å². The molecule has 3 nitrogen and oxygen atoms in total. The minimum absolute atomic E-state index is 0.0160. The van der Waals surface area contributed by atoms with Gasteiger partial charge in [0.05, 0.1) is 6.04 Å². The van der Waals surface area contributed by atoms with Crippen LogP contribution in [0.3, 0.4) is 0 Å². The summed E-state index contributed by atoms with van der Waals surface area (Å²) in [6.07, 6.45) is 0. The number of nitrogens with zero attached hydrogens (tertiary/aromatic N) is 1. The van der Waals surface area contributed by atoms with Crippen LogP contribution in [0.2, 0.25) is 0 Å². The first-order chi connectivity index (χ1) is 15.7. The summed E-state index contributed by atoms with van der Waals surface area (Å²) in [6, 6.07) is 40.1. The maximum atomic E-state index is 13.6. The monoisotopic (exact) mass is 420 g/mol. The van der Waals surface area contributed by atoms with Crippen LogP contribution in [-0.4, -0.2) is 18.5 Å². The largest absolute Gasteiger partial charge is 0.305 e. The highest BCUT2D eigenvalue weighted by atomic mass is 16.2. The smallest absolute Gasteiger partial charge is 0.248 e. The molecule has 0 aliphatic heterocycles. The molecule has 4 rings (SSSR count). The van der Waals surface area contributed by atoms with Gasteiger partial charge in [0, 0.05) is 23.8 Å². The molecule has 4 aromatic rings. The molecule has 1 amide bonds. The molecule has 0 heterocycles. The van der Waals surface area contributed by atoms with Crippen molar-refractivity contribution in [3.63, 3.8) is 0 Å². The van der Waals surface area contributed by atoms with Crippen LogP contribution in [-0.2, 0) is 4.79 Å². The molecule has 1 atom stereocenters. The zero-order valence-corrected chi connectivity index (χ0v) is 18.3. The van der Waals surface area contributed by atoms with Crippen molar-refractivity contribution in [3.8, 4) is 0 Å². The Hall–Kier alpha value is -3.69. The van der Waals surface area contributed by atoms with E-state index in [9.17, 15) is 4.79 Å². The summed E-state index contributed by atoms with van der Waals surface area (Å²) in [4.78, 5) is 15.4. The van der Waals surface area contributed by atoms with E-state index in [1.807, 2.05) is 79.7 Å². The Balaban J connectivity index is 1.56. The Morgan fingerprint density at radius 1 is 0.656 bits per heavy atom. The molecule has 0 radical (unpaired) electrons. The molecule has 0 aromatic heterocycles. The van der Waals surface area contributed by atoms with E-state index < -0.39 is 0 Å². The van der Waals surface area contributed by atoms with Gasteiger partial charge in [-0.15, -0.1) is 0 Å². The van der Waals surface area contributed by atoms with Gasteiger partial charge in [0.15, 0.2) is 0 Å². The lowest BCUT2D eigenvalue weighted by Gasteiger charge is -2.28. The molecule has 0 saturated carbocycles. The van der Waals surface area contributed by atoms with Crippen molar-refractivity contribution in [2.45, 2.75) is 18.9 Å². The number of rotatable bonds is 8. The number of carbonyl (C=O) groups excluding carboxylic acids is 1. The Labute approximate surface area is 190 Å². The number of amides is 1. The Morgan fingerprint density at radius 3 is 1.44 bits per heavy atom. The molecule has 0 aliphatic rings. The first-order valence-corrected chi connectivity index (χ1v) is 11.0. The van der Waals surface area contributed by atoms with Gasteiger partial charge in [-0.1, -0.05) is 97.1 Å². The van der Waals surface area contributed by atoms with Crippen molar-refractivity contribution in [1.29, 1.82) is 0 Å². The van der Waals surface area contributed by atoms with E-state index in [1.54, 1.807) is 4.90 Å². The molecule has 0 aliphatic carbocycles. The highest BCUT2D eigenvalue weighted by Gasteiger charge is 2.24. The van der Waals surface area contributed by atoms with Crippen molar-refractivity contribution in [2.75, 3.05) is 11.4 Å². The van der Waals surface area contributed by atoms with Crippen LogP contribution in [0.5, 0.6) is 0 Å². The molecular weight excluding hydrogens is 392 g/mol. The number of para-hydroxylation sites is 2. The Kier molecular flexibility index (Phi) is 7.11. The van der Waals surface area contributed by atoms with Crippen molar-refractivity contribution < 1.29 is 4.79 Å². The van der Waals surface area contributed by atoms with Crippen LogP contribution in [0.4, 0.5) is 11.4 Å². The van der Waals surface area contributed by atoms with E-state index in [-0.39, 0.29) is 17.9 Å². The van der Waals surface area contributed by atoms with Crippen LogP contribution < -0.4 is 10.2 Å². The predicted molar refractivity (Wildman–Crippen MR) is 132 cm³/mol. The van der Waals surface area contributed by atoms with E-state index in [2.05, 4.69) is 53.8 Å². The molecule has 160 valence electrons. The maximum absolute atomic E-state index is 13.6. The second-order valence-electron chi connectivity index (χ2n) is 7.85. The average molecular weight is 421 g/mol. The van der Waals surface area contributed by atoms with Gasteiger partial charge >= 0.3 is 0 Å². The van der Waals surface area contributed by atoms with Crippen LogP contribution in [0.1, 0.15) is 24.0 Å². The van der Waals surface area contributed by atoms with Crippen LogP contribution in [0.25, 0.3) is 0 Å². The molecule has 0 fully saturated rings. The number of nitrogens with one attached hydrogen (secondary N) is 1. The standard InChI is InChI=1S/C29H28N2O/c1-23(29(32)31(26-18-10-4-11-19-26)27-20-12-5-13-21-27)30-22-28(24-14-6-2-7-15-24)25-16-8-3-9-17-25/h2-21,23,28,30H,22H2,1H3. The molecule has 1 unspecified atom stereocenters. The SMILES string of the molecule is CC(NCC(c1ccccc1)c1ccccc1)C(=O)N(c1ccccc1)c1ccccc1. The van der Waals surface area contributed by atoms with Crippen molar-refractivity contribution in [2.24, 2.45) is 0 Å². The average Bonchev–Trinajstić information content (AvgIpc) is 2.87. The molecule has 0 spiro atoms. The first-order valence-electron chi connectivity index (χ1n) is 11.0. The van der Waals surface area contributed by atoms with Crippen molar-refractivity contribution in [1.82, 2.24) is 5.32 Å². The van der Waals surface area contributed by atoms with E-state index in [4.69, 9.17) is 0 Å². The minimum Gasteiger partial charge on any atom is -0.305 e. The van der Waals surface area contributed by atoms with Crippen LogP contribution in [0.15, 0.2) is 121 Å². The lowest BCUT2D eigenvalue weighted by molar-refractivity contribution is -0.119. The molecule has 0 bridgehead atoms. The summed E-state index contributed by atoms with van der Waals surface area (Å²) in [5.74, 6) is 0.178. The number of carbonyl (C=O) groups is 1. The molecule has 3 heteroatoms. The summed E-state index contributed by atoms with van der Waals surface area (Å²) >= 11 is 0. The van der Waals surface area contributed by atoms with Gasteiger partial charge in [-0.2, -0.15) is 0 Å². The summed E-state index contributed by atoms with van der Waals surface area (Å²) in [7, 11) is 0. The second-order valence-corrected chi connectivity index (χ2v) is 7.85. The number of benzene rings is 4. The third-order valence-corrected chi connectivity index (χ3v) is 5.65. The summed E-state index contributed by atoms with van der Waals surface area (Å²) in [5.41, 5.74) is 4.18. The summed E-state index contributed by atoms with van der Waals surface area (Å²) < 4.78 is 0. The van der Waals surface area contributed by atoms with E-state index in [0.29, 0.717) is 6.54 Å². The second kappa shape index (κ2) is 10.6. The zero-order chi connectivity index (χ0) is 22.2. The van der Waals surface area contributed by atoms with E-state index in [1.165, 1.54) is 11.1 Å². The minimum atomic E-state index is -0.356. The van der Waals surface area contributed by atoms with Gasteiger partial charge in [-0.3, -0.25) is 9.69 Å². The van der Waals surface area contributed by atoms with Gasteiger partial charge in [-0.25, -0.2) is 0 Å². The van der Waals surface area contributed by atoms with Gasteiger partial charge in [0.1, 0.15) is 0 Å². The highest BCUT2D eigenvalue weighted by Crippen LogP contribution is 2.27. The molecular formula is C29H28N2O. The normalized spacial score (nSPS) is 11.8.